The molecule has 2 amide bonds. The number of rotatable bonds is 13. The number of halogens is 2. The van der Waals surface area contributed by atoms with E-state index in [2.05, 4.69) is 41.6 Å². The zero-order valence-electron chi connectivity index (χ0n) is 37.4. The topological polar surface area (TPSA) is 182 Å². The number of benzene rings is 1. The first-order valence-corrected chi connectivity index (χ1v) is 23.5. The second-order valence-electron chi connectivity index (χ2n) is 19.5. The Morgan fingerprint density at radius 1 is 1.03 bits per heavy atom. The highest BCUT2D eigenvalue weighted by Gasteiger charge is 2.48. The van der Waals surface area contributed by atoms with E-state index in [1.807, 2.05) is 18.2 Å². The molecule has 18 nitrogen and oxygen atoms in total. The SMILES string of the molecule is CO[C@]1(CN2CCN(C[C@H]3CC[C@H](n4cc(NC(O)c5cnn6ccc(N7CC8CC7CO8)nc56)c(C(F)F)n4)CC3)CC2)C[C@H](c2cccc3c2n(C)c(=O)n3C2CCC(=O)NC2=O)C1. The lowest BCUT2D eigenvalue weighted by Gasteiger charge is -2.50. The van der Waals surface area contributed by atoms with Gasteiger partial charge in [-0.05, 0) is 80.9 Å². The van der Waals surface area contributed by atoms with Crippen LogP contribution in [0, 0.1) is 5.92 Å². The molecule has 11 rings (SSSR count). The van der Waals surface area contributed by atoms with Crippen molar-refractivity contribution in [2.75, 3.05) is 69.7 Å². The molecule has 66 heavy (non-hydrogen) atoms. The van der Waals surface area contributed by atoms with Crippen LogP contribution in [-0.2, 0) is 26.1 Å². The van der Waals surface area contributed by atoms with Gasteiger partial charge in [0.1, 0.15) is 11.9 Å². The molecule has 4 saturated heterocycles. The van der Waals surface area contributed by atoms with Crippen molar-refractivity contribution < 1.29 is 33.0 Å². The molecule has 0 spiro atoms. The molecule has 8 heterocycles. The summed E-state index contributed by atoms with van der Waals surface area (Å²) in [5, 5.41) is 25.3. The van der Waals surface area contributed by atoms with E-state index in [1.54, 1.807) is 44.9 Å². The summed E-state index contributed by atoms with van der Waals surface area (Å²) in [4.78, 5) is 50.2. The average molecular weight is 913 g/mol. The first-order valence-electron chi connectivity index (χ1n) is 23.5. The number of ether oxygens (including phenoxy) is 2. The zero-order chi connectivity index (χ0) is 45.4. The van der Waals surface area contributed by atoms with Crippen LogP contribution in [0.3, 0.4) is 0 Å². The van der Waals surface area contributed by atoms with Gasteiger partial charge in [0.25, 0.3) is 6.43 Å². The lowest BCUT2D eigenvalue weighted by molar-refractivity contribution is -0.135. The predicted octanol–water partition coefficient (Wildman–Crippen LogP) is 3.89. The summed E-state index contributed by atoms with van der Waals surface area (Å²) in [5.41, 5.74) is 2.63. The number of aromatic nitrogens is 7. The van der Waals surface area contributed by atoms with Crippen molar-refractivity contribution >= 4 is 40.0 Å². The summed E-state index contributed by atoms with van der Waals surface area (Å²) in [6.07, 6.45) is 7.72. The van der Waals surface area contributed by atoms with Crippen molar-refractivity contribution in [2.24, 2.45) is 13.0 Å². The summed E-state index contributed by atoms with van der Waals surface area (Å²) in [5.74, 6) is 0.738. The van der Waals surface area contributed by atoms with Crippen LogP contribution in [0.25, 0.3) is 16.7 Å². The van der Waals surface area contributed by atoms with Crippen LogP contribution in [0.4, 0.5) is 20.3 Å². The Bertz CT molecular complexity index is 2690. The fraction of sp³-hybridized carbons (Fsp3) is 0.609. The maximum absolute atomic E-state index is 14.4. The number of para-hydroxylation sites is 1. The Hall–Kier alpha value is -5.28. The molecule has 2 bridgehead atoms. The molecule has 6 fully saturated rings. The Kier molecular flexibility index (Phi) is 11.2. The number of hydrogen-bond donors (Lipinski definition) is 3. The minimum Gasteiger partial charge on any atom is -0.377 e. The van der Waals surface area contributed by atoms with E-state index < -0.39 is 24.6 Å². The Balaban J connectivity index is 0.668. The largest absolute Gasteiger partial charge is 0.377 e. The van der Waals surface area contributed by atoms with Crippen LogP contribution in [0.5, 0.6) is 0 Å². The number of alkyl halides is 2. The Morgan fingerprint density at radius 3 is 2.53 bits per heavy atom. The minimum atomic E-state index is -2.82. The number of nitrogens with one attached hydrogen (secondary N) is 2. The maximum atomic E-state index is 14.4. The number of amides is 2. The highest BCUT2D eigenvalue weighted by molar-refractivity contribution is 6.00. The van der Waals surface area contributed by atoms with Gasteiger partial charge in [0, 0.05) is 78.8 Å². The molecule has 2 saturated carbocycles. The van der Waals surface area contributed by atoms with Gasteiger partial charge in [0.2, 0.25) is 11.8 Å². The number of imide groups is 1. The molecule has 5 aromatic rings. The average Bonchev–Trinajstić information content (AvgIpc) is 4.16. The van der Waals surface area contributed by atoms with Gasteiger partial charge in [-0.3, -0.25) is 33.6 Å². The van der Waals surface area contributed by atoms with E-state index in [9.17, 15) is 28.3 Å². The van der Waals surface area contributed by atoms with E-state index >= 15 is 0 Å². The molecule has 1 aromatic carbocycles. The van der Waals surface area contributed by atoms with E-state index in [1.165, 1.54) is 6.20 Å². The number of piperidine rings is 1. The molecule has 3 N–H and O–H groups in total. The first kappa shape index (κ1) is 43.3. The summed E-state index contributed by atoms with van der Waals surface area (Å²) in [6.45, 7) is 7.06. The normalized spacial score (nSPS) is 29.0. The number of anilines is 2. The number of piperazine rings is 1. The standard InChI is InChI=1S/C46H58F2N12O6/c1-54-40-32(4-3-5-35(40)60(45(54)64)36-10-11-38(61)52-44(36)63)28-19-46(20-28,65-2)26-56-16-14-55(15-17-56)22-27-6-8-29(9-7-27)59-24-34(39(53-59)41(47)48)50-43(62)33-21-49-58-13-12-37(51-42(33)58)57-23-31-18-30(57)25-66-31/h3-5,12-13,21,24,27-31,36,41,43,50,62H,6-11,14-20,22-23,25-26H2,1-2H3,(H,52,61,63)/t27-,28-,29-,30?,31?,36?,43?,46+. The van der Waals surface area contributed by atoms with Crippen molar-refractivity contribution in [2.45, 2.75) is 106 Å². The van der Waals surface area contributed by atoms with Crippen LogP contribution < -0.4 is 21.2 Å². The molecule has 2 aliphatic carbocycles. The number of carbonyl (C=O) groups excluding carboxylic acids is 2. The summed E-state index contributed by atoms with van der Waals surface area (Å²) in [7, 11) is 3.55. The summed E-state index contributed by atoms with van der Waals surface area (Å²) >= 11 is 0. The van der Waals surface area contributed by atoms with Gasteiger partial charge in [0.05, 0.1) is 58.9 Å². The second kappa shape index (κ2) is 17.1. The van der Waals surface area contributed by atoms with Crippen LogP contribution in [0.2, 0.25) is 0 Å². The van der Waals surface area contributed by atoms with E-state index in [0.717, 1.165) is 108 Å². The van der Waals surface area contributed by atoms with E-state index in [4.69, 9.17) is 14.5 Å². The number of imidazole rings is 1. The number of nitrogens with zero attached hydrogens (tertiary/aromatic N) is 10. The van der Waals surface area contributed by atoms with Gasteiger partial charge >= 0.3 is 5.69 Å². The third kappa shape index (κ3) is 7.77. The molecule has 20 heteroatoms. The molecule has 4 aliphatic heterocycles. The van der Waals surface area contributed by atoms with Crippen LogP contribution in [0.1, 0.15) is 105 Å². The number of carbonyl (C=O) groups is 2. The van der Waals surface area contributed by atoms with Crippen LogP contribution in [-0.4, -0.2) is 138 Å². The number of aryl methyl sites for hydroxylation is 1. The number of aliphatic hydroxyl groups excluding tert-OH is 1. The Labute approximate surface area is 379 Å². The monoisotopic (exact) mass is 912 g/mol. The van der Waals surface area contributed by atoms with Crippen molar-refractivity contribution in [1.29, 1.82) is 0 Å². The van der Waals surface area contributed by atoms with Crippen LogP contribution in [0.15, 0.2) is 47.7 Å². The molecule has 4 unspecified atom stereocenters. The van der Waals surface area contributed by atoms with Crippen molar-refractivity contribution in [3.05, 3.63) is 70.2 Å². The quantitative estimate of drug-likeness (QED) is 0.115. The number of aliphatic hydroxyl groups is 1. The minimum absolute atomic E-state index is 0.0112. The van der Waals surface area contributed by atoms with E-state index in [-0.39, 0.29) is 59.1 Å². The molecule has 4 atom stereocenters. The molecule has 0 radical (unpaired) electrons. The number of fused-ring (bicyclic) bond motifs is 4. The fourth-order valence-electron chi connectivity index (χ4n) is 11.9. The Morgan fingerprint density at radius 2 is 1.82 bits per heavy atom. The lowest BCUT2D eigenvalue weighted by atomic mass is 9.67. The van der Waals surface area contributed by atoms with Crippen molar-refractivity contribution in [1.82, 2.24) is 48.6 Å². The van der Waals surface area contributed by atoms with Gasteiger partial charge in [-0.1, -0.05) is 12.1 Å². The summed E-state index contributed by atoms with van der Waals surface area (Å²) in [6, 6.07) is 7.34. The van der Waals surface area contributed by atoms with Crippen molar-refractivity contribution in [3.8, 4) is 0 Å². The van der Waals surface area contributed by atoms with Crippen LogP contribution >= 0.6 is 0 Å². The predicted molar refractivity (Wildman–Crippen MR) is 238 cm³/mol. The third-order valence-electron chi connectivity index (χ3n) is 15.6. The number of methoxy groups -OCH3 is 1. The second-order valence-corrected chi connectivity index (χ2v) is 19.5. The fourth-order valence-corrected chi connectivity index (χ4v) is 11.9. The highest BCUT2D eigenvalue weighted by atomic mass is 19.3. The lowest BCUT2D eigenvalue weighted by Crippen LogP contribution is -2.57. The molecular weight excluding hydrogens is 855 g/mol. The van der Waals surface area contributed by atoms with Gasteiger partial charge in [-0.25, -0.2) is 23.1 Å². The third-order valence-corrected chi connectivity index (χ3v) is 15.6. The first-order chi connectivity index (χ1) is 31.9. The van der Waals surface area contributed by atoms with Gasteiger partial charge in [-0.2, -0.15) is 10.2 Å². The summed E-state index contributed by atoms with van der Waals surface area (Å²) < 4.78 is 47.2. The molecule has 4 aromatic heterocycles. The molecule has 352 valence electrons. The van der Waals surface area contributed by atoms with Gasteiger partial charge < -0.3 is 29.7 Å². The number of morpholine rings is 1. The van der Waals surface area contributed by atoms with Gasteiger partial charge in [0.15, 0.2) is 17.6 Å². The smallest absolute Gasteiger partial charge is 0.329 e. The van der Waals surface area contributed by atoms with Gasteiger partial charge in [-0.15, -0.1) is 0 Å². The maximum Gasteiger partial charge on any atom is 0.329 e. The zero-order valence-corrected chi connectivity index (χ0v) is 37.4. The van der Waals surface area contributed by atoms with E-state index in [0.29, 0.717) is 35.7 Å². The van der Waals surface area contributed by atoms with Crippen molar-refractivity contribution in [3.63, 3.8) is 0 Å². The molecule has 6 aliphatic rings. The highest BCUT2D eigenvalue weighted by Crippen LogP contribution is 2.49. The molecular formula is C46H58F2N12O6. The number of hydrogen-bond acceptors (Lipinski definition) is 13.